The lowest BCUT2D eigenvalue weighted by Crippen LogP contribution is -2.29. The molecule has 0 bridgehead atoms. The summed E-state index contributed by atoms with van der Waals surface area (Å²) in [6.45, 7) is 0.126. The standard InChI is InChI=1S/C17H12FNO2/c18-15-10-4-1-6-12(15)7-5-11-19-16(20)13-8-2-3-9-14(13)17(19)21/h1-10H,11H2. The molecule has 0 atom stereocenters. The van der Waals surface area contributed by atoms with Crippen LogP contribution in [0.3, 0.4) is 0 Å². The minimum Gasteiger partial charge on any atom is -0.270 e. The summed E-state index contributed by atoms with van der Waals surface area (Å²) < 4.78 is 13.5. The molecule has 0 aliphatic carbocycles. The molecule has 2 aromatic rings. The molecule has 0 fully saturated rings. The maximum Gasteiger partial charge on any atom is 0.261 e. The van der Waals surface area contributed by atoms with E-state index < -0.39 is 0 Å². The van der Waals surface area contributed by atoms with Crippen LogP contribution in [0.25, 0.3) is 6.08 Å². The zero-order chi connectivity index (χ0) is 14.8. The van der Waals surface area contributed by atoms with Crippen LogP contribution in [-0.4, -0.2) is 23.3 Å². The van der Waals surface area contributed by atoms with Crippen molar-refractivity contribution in [2.24, 2.45) is 0 Å². The monoisotopic (exact) mass is 281 g/mol. The Hall–Kier alpha value is -2.75. The summed E-state index contributed by atoms with van der Waals surface area (Å²) in [5, 5.41) is 0. The van der Waals surface area contributed by atoms with Crippen molar-refractivity contribution in [2.75, 3.05) is 6.54 Å². The molecule has 21 heavy (non-hydrogen) atoms. The molecule has 2 aromatic carbocycles. The zero-order valence-corrected chi connectivity index (χ0v) is 11.1. The Morgan fingerprint density at radius 2 is 1.48 bits per heavy atom. The Morgan fingerprint density at radius 1 is 0.905 bits per heavy atom. The van der Waals surface area contributed by atoms with Crippen LogP contribution in [0.2, 0.25) is 0 Å². The van der Waals surface area contributed by atoms with Gasteiger partial charge in [-0.25, -0.2) is 4.39 Å². The van der Waals surface area contributed by atoms with Crippen molar-refractivity contribution in [1.82, 2.24) is 4.90 Å². The average molecular weight is 281 g/mol. The molecule has 104 valence electrons. The second kappa shape index (κ2) is 5.32. The number of rotatable bonds is 3. The van der Waals surface area contributed by atoms with Gasteiger partial charge in [0.1, 0.15) is 5.82 Å². The molecule has 0 saturated carbocycles. The number of fused-ring (bicyclic) bond motifs is 1. The third kappa shape index (κ3) is 2.36. The number of amides is 2. The van der Waals surface area contributed by atoms with E-state index >= 15 is 0 Å². The fourth-order valence-corrected chi connectivity index (χ4v) is 2.30. The zero-order valence-electron chi connectivity index (χ0n) is 11.1. The van der Waals surface area contributed by atoms with Crippen LogP contribution in [0.1, 0.15) is 26.3 Å². The predicted octanol–water partition coefficient (Wildman–Crippen LogP) is 3.14. The SMILES string of the molecule is O=C1c2ccccc2C(=O)N1CC=Cc1ccccc1F. The molecule has 3 rings (SSSR count). The van der Waals surface area contributed by atoms with E-state index in [0.717, 1.165) is 4.90 Å². The van der Waals surface area contributed by atoms with Gasteiger partial charge < -0.3 is 0 Å². The summed E-state index contributed by atoms with van der Waals surface area (Å²) in [6.07, 6.45) is 3.18. The molecular formula is C17H12FNO2. The van der Waals surface area contributed by atoms with Crippen LogP contribution < -0.4 is 0 Å². The minimum absolute atomic E-state index is 0.126. The fourth-order valence-electron chi connectivity index (χ4n) is 2.30. The molecule has 0 spiro atoms. The van der Waals surface area contributed by atoms with Gasteiger partial charge >= 0.3 is 0 Å². The number of nitrogens with zero attached hydrogens (tertiary/aromatic N) is 1. The minimum atomic E-state index is -0.337. The highest BCUT2D eigenvalue weighted by Crippen LogP contribution is 2.22. The Balaban J connectivity index is 1.77. The summed E-state index contributed by atoms with van der Waals surface area (Å²) >= 11 is 0. The Labute approximate surface area is 121 Å². The molecule has 1 heterocycles. The lowest BCUT2D eigenvalue weighted by atomic mass is 10.1. The third-order valence-electron chi connectivity index (χ3n) is 3.37. The first-order valence-corrected chi connectivity index (χ1v) is 6.55. The van der Waals surface area contributed by atoms with Crippen LogP contribution in [-0.2, 0) is 0 Å². The molecule has 2 amide bonds. The second-order valence-electron chi connectivity index (χ2n) is 4.69. The molecule has 1 aliphatic heterocycles. The number of benzene rings is 2. The summed E-state index contributed by atoms with van der Waals surface area (Å²) in [6, 6.07) is 13.1. The van der Waals surface area contributed by atoms with Gasteiger partial charge in [-0.3, -0.25) is 14.5 Å². The maximum absolute atomic E-state index is 13.5. The fraction of sp³-hybridized carbons (Fsp3) is 0.0588. The summed E-state index contributed by atoms with van der Waals surface area (Å²) in [5.74, 6) is -0.960. The van der Waals surface area contributed by atoms with Gasteiger partial charge in [0.15, 0.2) is 0 Å². The summed E-state index contributed by atoms with van der Waals surface area (Å²) in [5.41, 5.74) is 1.26. The van der Waals surface area contributed by atoms with Crippen LogP contribution in [0.4, 0.5) is 4.39 Å². The van der Waals surface area contributed by atoms with Gasteiger partial charge in [-0.15, -0.1) is 0 Å². The number of imide groups is 1. The van der Waals surface area contributed by atoms with Gasteiger partial charge in [-0.05, 0) is 18.2 Å². The maximum atomic E-state index is 13.5. The quantitative estimate of drug-likeness (QED) is 0.810. The number of carbonyl (C=O) groups excluding carboxylic acids is 2. The van der Waals surface area contributed by atoms with Crippen molar-refractivity contribution in [3.05, 3.63) is 77.1 Å². The second-order valence-corrected chi connectivity index (χ2v) is 4.69. The number of hydrogen-bond acceptors (Lipinski definition) is 2. The third-order valence-corrected chi connectivity index (χ3v) is 3.37. The van der Waals surface area contributed by atoms with Gasteiger partial charge in [-0.1, -0.05) is 42.5 Å². The van der Waals surface area contributed by atoms with Crippen LogP contribution in [0.15, 0.2) is 54.6 Å². The lowest BCUT2D eigenvalue weighted by molar-refractivity contribution is 0.0672. The first kappa shape index (κ1) is 13.2. The van der Waals surface area contributed by atoms with Crippen LogP contribution >= 0.6 is 0 Å². The molecule has 3 nitrogen and oxygen atoms in total. The normalized spacial score (nSPS) is 14.0. The Kier molecular flexibility index (Phi) is 3.36. The Bertz CT molecular complexity index is 717. The lowest BCUT2D eigenvalue weighted by Gasteiger charge is -2.10. The topological polar surface area (TPSA) is 37.4 Å². The highest BCUT2D eigenvalue weighted by atomic mass is 19.1. The summed E-state index contributed by atoms with van der Waals surface area (Å²) in [4.78, 5) is 25.4. The van der Waals surface area contributed by atoms with Gasteiger partial charge in [0, 0.05) is 12.1 Å². The molecule has 0 aromatic heterocycles. The first-order chi connectivity index (χ1) is 10.2. The van der Waals surface area contributed by atoms with E-state index in [4.69, 9.17) is 0 Å². The highest BCUT2D eigenvalue weighted by molar-refractivity contribution is 6.21. The molecule has 4 heteroatoms. The van der Waals surface area contributed by atoms with Crippen molar-refractivity contribution < 1.29 is 14.0 Å². The van der Waals surface area contributed by atoms with Crippen LogP contribution in [0, 0.1) is 5.82 Å². The van der Waals surface area contributed by atoms with E-state index in [1.54, 1.807) is 54.6 Å². The van der Waals surface area contributed by atoms with Gasteiger partial charge in [-0.2, -0.15) is 0 Å². The van der Waals surface area contributed by atoms with E-state index in [1.165, 1.54) is 6.07 Å². The number of hydrogen-bond donors (Lipinski definition) is 0. The van der Waals surface area contributed by atoms with E-state index in [0.29, 0.717) is 16.7 Å². The van der Waals surface area contributed by atoms with Gasteiger partial charge in [0.05, 0.1) is 11.1 Å². The molecule has 0 N–H and O–H groups in total. The highest BCUT2D eigenvalue weighted by Gasteiger charge is 2.33. The van der Waals surface area contributed by atoms with Gasteiger partial charge in [0.2, 0.25) is 0 Å². The van der Waals surface area contributed by atoms with Crippen molar-refractivity contribution in [1.29, 1.82) is 0 Å². The predicted molar refractivity (Wildman–Crippen MR) is 77.2 cm³/mol. The molecule has 1 aliphatic rings. The van der Waals surface area contributed by atoms with E-state index in [2.05, 4.69) is 0 Å². The molecule has 0 saturated heterocycles. The summed E-state index contributed by atoms with van der Waals surface area (Å²) in [7, 11) is 0. The van der Waals surface area contributed by atoms with Gasteiger partial charge in [0.25, 0.3) is 11.8 Å². The molecular weight excluding hydrogens is 269 g/mol. The van der Waals surface area contributed by atoms with Crippen molar-refractivity contribution in [2.45, 2.75) is 0 Å². The van der Waals surface area contributed by atoms with Crippen LogP contribution in [0.5, 0.6) is 0 Å². The van der Waals surface area contributed by atoms with Crippen molar-refractivity contribution in [3.63, 3.8) is 0 Å². The molecule has 0 radical (unpaired) electrons. The smallest absolute Gasteiger partial charge is 0.261 e. The molecule has 0 unspecified atom stereocenters. The van der Waals surface area contributed by atoms with E-state index in [1.807, 2.05) is 0 Å². The van der Waals surface area contributed by atoms with Crippen molar-refractivity contribution >= 4 is 17.9 Å². The van der Waals surface area contributed by atoms with E-state index in [-0.39, 0.29) is 24.2 Å². The van der Waals surface area contributed by atoms with Crippen molar-refractivity contribution in [3.8, 4) is 0 Å². The number of carbonyl (C=O) groups is 2. The average Bonchev–Trinajstić information content (AvgIpc) is 2.74. The van der Waals surface area contributed by atoms with E-state index in [9.17, 15) is 14.0 Å². The first-order valence-electron chi connectivity index (χ1n) is 6.55. The largest absolute Gasteiger partial charge is 0.270 e. The Morgan fingerprint density at radius 3 is 2.10 bits per heavy atom. The number of halogens is 1.